The van der Waals surface area contributed by atoms with Crippen molar-refractivity contribution < 1.29 is 0 Å². The maximum absolute atomic E-state index is 12.0. The largest absolute Gasteiger partial charge is 0.338 e. The van der Waals surface area contributed by atoms with Gasteiger partial charge in [-0.1, -0.05) is 23.3 Å². The van der Waals surface area contributed by atoms with Gasteiger partial charge in [0.2, 0.25) is 5.95 Å². The highest BCUT2D eigenvalue weighted by molar-refractivity contribution is 6.31. The smallest absolute Gasteiger partial charge is 0.260 e. The standard InChI is InChI=1S/C14H14ClN3O/c1-9-4-6-18(7-5-9)14-16-12-8-10(15)2-3-11(12)13(19)17-14/h2-4,8H,5-7H2,1H3,(H,16,17,19). The molecule has 4 nitrogen and oxygen atoms in total. The van der Waals surface area contributed by atoms with Gasteiger partial charge in [0.15, 0.2) is 0 Å². The maximum Gasteiger partial charge on any atom is 0.260 e. The highest BCUT2D eigenvalue weighted by Gasteiger charge is 2.13. The van der Waals surface area contributed by atoms with Crippen LogP contribution in [0.1, 0.15) is 13.3 Å². The van der Waals surface area contributed by atoms with Gasteiger partial charge in [-0.3, -0.25) is 9.78 Å². The van der Waals surface area contributed by atoms with Crippen LogP contribution in [-0.2, 0) is 0 Å². The van der Waals surface area contributed by atoms with Crippen LogP contribution in [0.25, 0.3) is 10.9 Å². The maximum atomic E-state index is 12.0. The Hall–Kier alpha value is -1.81. The normalized spacial score (nSPS) is 15.7. The van der Waals surface area contributed by atoms with Gasteiger partial charge in [-0.15, -0.1) is 0 Å². The Balaban J connectivity index is 2.08. The molecule has 1 aromatic carbocycles. The topological polar surface area (TPSA) is 49.0 Å². The number of nitrogens with zero attached hydrogens (tertiary/aromatic N) is 2. The Morgan fingerprint density at radius 3 is 3.00 bits per heavy atom. The van der Waals surface area contributed by atoms with E-state index < -0.39 is 0 Å². The molecule has 0 bridgehead atoms. The summed E-state index contributed by atoms with van der Waals surface area (Å²) in [6.07, 6.45) is 3.16. The minimum atomic E-state index is -0.122. The van der Waals surface area contributed by atoms with Crippen LogP contribution in [-0.4, -0.2) is 23.1 Å². The number of hydrogen-bond acceptors (Lipinski definition) is 3. The monoisotopic (exact) mass is 275 g/mol. The summed E-state index contributed by atoms with van der Waals surface area (Å²) in [5, 5.41) is 1.16. The first kappa shape index (κ1) is 12.2. The van der Waals surface area contributed by atoms with Gasteiger partial charge in [-0.05, 0) is 31.5 Å². The van der Waals surface area contributed by atoms with Crippen LogP contribution in [0.5, 0.6) is 0 Å². The fraction of sp³-hybridized carbons (Fsp3) is 0.286. The van der Waals surface area contributed by atoms with Gasteiger partial charge in [-0.25, -0.2) is 4.98 Å². The number of aromatic nitrogens is 2. The van der Waals surface area contributed by atoms with Crippen molar-refractivity contribution in [1.29, 1.82) is 0 Å². The zero-order valence-electron chi connectivity index (χ0n) is 10.6. The first-order valence-electron chi connectivity index (χ1n) is 6.23. The van der Waals surface area contributed by atoms with Crippen LogP contribution in [0.4, 0.5) is 5.95 Å². The lowest BCUT2D eigenvalue weighted by Crippen LogP contribution is -2.31. The molecule has 2 aromatic rings. The molecule has 0 saturated heterocycles. The molecule has 19 heavy (non-hydrogen) atoms. The van der Waals surface area contributed by atoms with Crippen LogP contribution in [0.3, 0.4) is 0 Å². The number of benzene rings is 1. The number of rotatable bonds is 1. The van der Waals surface area contributed by atoms with Crippen LogP contribution >= 0.6 is 11.6 Å². The molecule has 0 spiro atoms. The summed E-state index contributed by atoms with van der Waals surface area (Å²) in [5.41, 5.74) is 1.89. The van der Waals surface area contributed by atoms with E-state index in [0.29, 0.717) is 21.9 Å². The summed E-state index contributed by atoms with van der Waals surface area (Å²) < 4.78 is 0. The van der Waals surface area contributed by atoms with Gasteiger partial charge < -0.3 is 4.90 Å². The molecule has 5 heteroatoms. The van der Waals surface area contributed by atoms with Crippen LogP contribution in [0.2, 0.25) is 5.02 Å². The fourth-order valence-electron chi connectivity index (χ4n) is 2.21. The highest BCUT2D eigenvalue weighted by atomic mass is 35.5. The lowest BCUT2D eigenvalue weighted by atomic mass is 10.1. The second kappa shape index (κ2) is 4.70. The second-order valence-electron chi connectivity index (χ2n) is 4.80. The van der Waals surface area contributed by atoms with Crippen molar-refractivity contribution in [3.05, 3.63) is 45.2 Å². The highest BCUT2D eigenvalue weighted by Crippen LogP contribution is 2.19. The molecule has 0 aliphatic carbocycles. The first-order valence-corrected chi connectivity index (χ1v) is 6.61. The van der Waals surface area contributed by atoms with Gasteiger partial charge >= 0.3 is 0 Å². The molecule has 0 atom stereocenters. The molecule has 1 aromatic heterocycles. The van der Waals surface area contributed by atoms with Crippen LogP contribution in [0, 0.1) is 0 Å². The van der Waals surface area contributed by atoms with E-state index in [1.165, 1.54) is 5.57 Å². The predicted molar refractivity (Wildman–Crippen MR) is 78.0 cm³/mol. The average Bonchev–Trinajstić information content (AvgIpc) is 2.38. The fourth-order valence-corrected chi connectivity index (χ4v) is 2.38. The van der Waals surface area contributed by atoms with E-state index in [1.807, 2.05) is 0 Å². The zero-order valence-corrected chi connectivity index (χ0v) is 11.4. The summed E-state index contributed by atoms with van der Waals surface area (Å²) in [5.74, 6) is 0.614. The molecule has 2 heterocycles. The Labute approximate surface area is 115 Å². The van der Waals surface area contributed by atoms with E-state index in [-0.39, 0.29) is 5.56 Å². The summed E-state index contributed by atoms with van der Waals surface area (Å²) in [4.78, 5) is 21.4. The molecule has 98 valence electrons. The number of halogens is 1. The number of hydrogen-bond donors (Lipinski definition) is 1. The molecule has 1 aliphatic rings. The average molecular weight is 276 g/mol. The lowest BCUT2D eigenvalue weighted by molar-refractivity contribution is 0.761. The van der Waals surface area contributed by atoms with Crippen LogP contribution in [0.15, 0.2) is 34.6 Å². The Bertz CT molecular complexity index is 720. The molecular weight excluding hydrogens is 262 g/mol. The van der Waals surface area contributed by atoms with Gasteiger partial charge in [0, 0.05) is 18.1 Å². The molecule has 0 saturated carbocycles. The van der Waals surface area contributed by atoms with Crippen molar-refractivity contribution in [2.24, 2.45) is 0 Å². The Morgan fingerprint density at radius 1 is 1.42 bits per heavy atom. The number of aromatic amines is 1. The molecule has 0 radical (unpaired) electrons. The number of fused-ring (bicyclic) bond motifs is 1. The number of anilines is 1. The minimum absolute atomic E-state index is 0.122. The summed E-state index contributed by atoms with van der Waals surface area (Å²) in [7, 11) is 0. The number of nitrogens with one attached hydrogen (secondary N) is 1. The van der Waals surface area contributed by atoms with Crippen molar-refractivity contribution in [2.45, 2.75) is 13.3 Å². The quantitative estimate of drug-likeness (QED) is 0.814. The molecule has 0 unspecified atom stereocenters. The van der Waals surface area contributed by atoms with E-state index in [9.17, 15) is 4.79 Å². The predicted octanol–water partition coefficient (Wildman–Crippen LogP) is 2.73. The molecular formula is C14H14ClN3O. The van der Waals surface area contributed by atoms with Gasteiger partial charge in [0.25, 0.3) is 5.56 Å². The Kier molecular flexibility index (Phi) is 3.03. The van der Waals surface area contributed by atoms with Gasteiger partial charge in [-0.2, -0.15) is 0 Å². The second-order valence-corrected chi connectivity index (χ2v) is 5.23. The van der Waals surface area contributed by atoms with E-state index in [2.05, 4.69) is 27.9 Å². The van der Waals surface area contributed by atoms with E-state index in [4.69, 9.17) is 11.6 Å². The van der Waals surface area contributed by atoms with Gasteiger partial charge in [0.05, 0.1) is 10.9 Å². The third-order valence-corrected chi connectivity index (χ3v) is 3.63. The number of H-pyrrole nitrogens is 1. The summed E-state index contributed by atoms with van der Waals surface area (Å²) in [6, 6.07) is 5.13. The summed E-state index contributed by atoms with van der Waals surface area (Å²) in [6.45, 7) is 3.77. The first-order chi connectivity index (χ1) is 9.13. The lowest BCUT2D eigenvalue weighted by Gasteiger charge is -2.25. The van der Waals surface area contributed by atoms with Crippen molar-refractivity contribution in [2.75, 3.05) is 18.0 Å². The van der Waals surface area contributed by atoms with E-state index in [0.717, 1.165) is 19.5 Å². The van der Waals surface area contributed by atoms with Crippen molar-refractivity contribution in [3.63, 3.8) is 0 Å². The van der Waals surface area contributed by atoms with E-state index in [1.54, 1.807) is 18.2 Å². The SMILES string of the molecule is CC1=CCN(c2nc3cc(Cl)ccc3c(=O)[nH]2)CC1. The molecule has 0 amide bonds. The van der Waals surface area contributed by atoms with Crippen molar-refractivity contribution in [1.82, 2.24) is 9.97 Å². The third-order valence-electron chi connectivity index (χ3n) is 3.39. The third kappa shape index (κ3) is 2.36. The van der Waals surface area contributed by atoms with Crippen molar-refractivity contribution in [3.8, 4) is 0 Å². The van der Waals surface area contributed by atoms with Crippen molar-refractivity contribution >= 4 is 28.5 Å². The van der Waals surface area contributed by atoms with Crippen LogP contribution < -0.4 is 10.5 Å². The van der Waals surface area contributed by atoms with Gasteiger partial charge in [0.1, 0.15) is 0 Å². The van der Waals surface area contributed by atoms with E-state index >= 15 is 0 Å². The molecule has 0 fully saturated rings. The Morgan fingerprint density at radius 2 is 2.26 bits per heavy atom. The zero-order chi connectivity index (χ0) is 13.4. The molecule has 1 N–H and O–H groups in total. The molecule has 3 rings (SSSR count). The summed E-state index contributed by atoms with van der Waals surface area (Å²) >= 11 is 5.95. The molecule has 1 aliphatic heterocycles. The minimum Gasteiger partial charge on any atom is -0.338 e.